The molecule has 2 saturated heterocycles. The predicted molar refractivity (Wildman–Crippen MR) is 106 cm³/mol. The molecular formula is C19H27N5OS. The number of carbonyl (C=O) groups excluding carboxylic acids is 1. The van der Waals surface area contributed by atoms with Gasteiger partial charge in [-0.05, 0) is 32.4 Å². The summed E-state index contributed by atoms with van der Waals surface area (Å²) >= 11 is 1.74. The van der Waals surface area contributed by atoms with E-state index in [-0.39, 0.29) is 5.91 Å². The molecule has 4 rings (SSSR count). The van der Waals surface area contributed by atoms with Crippen LogP contribution in [0.2, 0.25) is 0 Å². The lowest BCUT2D eigenvalue weighted by Crippen LogP contribution is -2.38. The van der Waals surface area contributed by atoms with Gasteiger partial charge in [0.15, 0.2) is 5.13 Å². The van der Waals surface area contributed by atoms with Crippen LogP contribution in [0.3, 0.4) is 0 Å². The van der Waals surface area contributed by atoms with Crippen LogP contribution in [0.15, 0.2) is 24.3 Å². The van der Waals surface area contributed by atoms with Gasteiger partial charge in [0.05, 0.1) is 10.2 Å². The summed E-state index contributed by atoms with van der Waals surface area (Å²) < 4.78 is 1.23. The molecule has 2 fully saturated rings. The molecule has 0 radical (unpaired) electrons. The molecular weight excluding hydrogens is 346 g/mol. The van der Waals surface area contributed by atoms with Gasteiger partial charge in [-0.25, -0.2) is 4.98 Å². The van der Waals surface area contributed by atoms with E-state index in [0.29, 0.717) is 24.4 Å². The lowest BCUT2D eigenvalue weighted by atomic mass is 9.92. The maximum atomic E-state index is 12.8. The minimum atomic E-state index is 0.283. The van der Waals surface area contributed by atoms with E-state index >= 15 is 0 Å². The molecule has 0 aliphatic carbocycles. The third-order valence-electron chi connectivity index (χ3n) is 5.64. The first-order chi connectivity index (χ1) is 12.6. The van der Waals surface area contributed by atoms with Crippen molar-refractivity contribution in [1.82, 2.24) is 20.7 Å². The second kappa shape index (κ2) is 7.50. The number of hydrogen-bond acceptors (Lipinski definition) is 6. The van der Waals surface area contributed by atoms with E-state index in [4.69, 9.17) is 4.98 Å². The van der Waals surface area contributed by atoms with E-state index in [1.54, 1.807) is 11.3 Å². The lowest BCUT2D eigenvalue weighted by molar-refractivity contribution is -0.132. The highest BCUT2D eigenvalue weighted by molar-refractivity contribution is 7.22. The van der Waals surface area contributed by atoms with Gasteiger partial charge in [-0.15, -0.1) is 0 Å². The predicted octanol–water partition coefficient (Wildman–Crippen LogP) is 2.23. The topological polar surface area (TPSA) is 60.5 Å². The molecule has 2 atom stereocenters. The van der Waals surface area contributed by atoms with Gasteiger partial charge in [0, 0.05) is 50.6 Å². The van der Waals surface area contributed by atoms with Gasteiger partial charge >= 0.3 is 0 Å². The van der Waals surface area contributed by atoms with Crippen molar-refractivity contribution in [3.8, 4) is 0 Å². The summed E-state index contributed by atoms with van der Waals surface area (Å²) in [5.74, 6) is 0.636. The molecule has 0 spiro atoms. The van der Waals surface area contributed by atoms with E-state index in [1.165, 1.54) is 4.70 Å². The van der Waals surface area contributed by atoms with Gasteiger partial charge in [-0.1, -0.05) is 23.5 Å². The normalized spacial score (nSPS) is 27.1. The smallest absolute Gasteiger partial charge is 0.223 e. The largest absolute Gasteiger partial charge is 0.346 e. The Morgan fingerprint density at radius 3 is 2.69 bits per heavy atom. The number of anilines is 1. The van der Waals surface area contributed by atoms with E-state index < -0.39 is 0 Å². The summed E-state index contributed by atoms with van der Waals surface area (Å²) in [4.78, 5) is 22.0. The van der Waals surface area contributed by atoms with Crippen LogP contribution >= 0.6 is 11.3 Å². The van der Waals surface area contributed by atoms with E-state index in [1.807, 2.05) is 11.0 Å². The molecule has 6 nitrogen and oxygen atoms in total. The molecule has 1 amide bonds. The molecule has 2 N–H and O–H groups in total. The van der Waals surface area contributed by atoms with E-state index in [9.17, 15) is 4.79 Å². The van der Waals surface area contributed by atoms with Crippen LogP contribution in [0.4, 0.5) is 5.13 Å². The van der Waals surface area contributed by atoms with E-state index in [2.05, 4.69) is 47.8 Å². The van der Waals surface area contributed by atoms with Crippen molar-refractivity contribution in [2.24, 2.45) is 5.92 Å². The summed E-state index contributed by atoms with van der Waals surface area (Å²) in [6.45, 7) is 7.74. The van der Waals surface area contributed by atoms with Crippen molar-refractivity contribution in [2.45, 2.75) is 38.8 Å². The van der Waals surface area contributed by atoms with Crippen LogP contribution in [0.25, 0.3) is 10.2 Å². The van der Waals surface area contributed by atoms with Crippen LogP contribution in [-0.2, 0) is 4.79 Å². The fourth-order valence-electron chi connectivity index (χ4n) is 3.95. The monoisotopic (exact) mass is 373 g/mol. The number of nitrogens with one attached hydrogen (secondary N) is 2. The second-order valence-corrected chi connectivity index (χ2v) is 8.43. The summed E-state index contributed by atoms with van der Waals surface area (Å²) in [7, 11) is 0. The Hall–Kier alpha value is -1.70. The van der Waals surface area contributed by atoms with Crippen molar-refractivity contribution < 1.29 is 4.79 Å². The third kappa shape index (κ3) is 3.56. The maximum Gasteiger partial charge on any atom is 0.223 e. The number of para-hydroxylation sites is 1. The number of nitrogens with zero attached hydrogens (tertiary/aromatic N) is 3. The first-order valence-corrected chi connectivity index (χ1v) is 10.3. The van der Waals surface area contributed by atoms with Gasteiger partial charge in [0.2, 0.25) is 5.91 Å². The number of rotatable bonds is 3. The van der Waals surface area contributed by atoms with Crippen molar-refractivity contribution in [1.29, 1.82) is 0 Å². The Morgan fingerprint density at radius 1 is 1.15 bits per heavy atom. The zero-order valence-electron chi connectivity index (χ0n) is 15.4. The summed E-state index contributed by atoms with van der Waals surface area (Å²) in [5, 5.41) is 1.08. The molecule has 2 aliphatic heterocycles. The van der Waals surface area contributed by atoms with Gasteiger partial charge in [0.1, 0.15) is 0 Å². The summed E-state index contributed by atoms with van der Waals surface area (Å²) in [5.41, 5.74) is 7.55. The number of hydrazine groups is 1. The Labute approximate surface area is 158 Å². The molecule has 2 unspecified atom stereocenters. The quantitative estimate of drug-likeness (QED) is 0.864. The molecule has 7 heteroatoms. The minimum Gasteiger partial charge on any atom is -0.346 e. The van der Waals surface area contributed by atoms with Crippen LogP contribution in [-0.4, -0.2) is 54.1 Å². The van der Waals surface area contributed by atoms with Crippen LogP contribution in [0.5, 0.6) is 0 Å². The summed E-state index contributed by atoms with van der Waals surface area (Å²) in [6, 6.07) is 8.94. The van der Waals surface area contributed by atoms with Gasteiger partial charge in [-0.2, -0.15) is 0 Å². The number of amides is 1. The van der Waals surface area contributed by atoms with Crippen LogP contribution in [0, 0.1) is 5.92 Å². The zero-order valence-corrected chi connectivity index (χ0v) is 16.3. The number of carbonyl (C=O) groups is 1. The fraction of sp³-hybridized carbons (Fsp3) is 0.579. The number of aromatic nitrogens is 1. The molecule has 2 aromatic rings. The molecule has 3 heterocycles. The molecule has 0 bridgehead atoms. The highest BCUT2D eigenvalue weighted by Crippen LogP contribution is 2.29. The van der Waals surface area contributed by atoms with Crippen molar-refractivity contribution in [2.75, 3.05) is 31.1 Å². The minimum absolute atomic E-state index is 0.283. The highest BCUT2D eigenvalue weighted by Gasteiger charge is 2.33. The van der Waals surface area contributed by atoms with Crippen molar-refractivity contribution >= 4 is 32.6 Å². The Balaban J connectivity index is 1.39. The SMILES string of the molecule is CC1NNC(C)C1CC(=O)N1CCCN(c2nc3ccccc3s2)CC1. The zero-order chi connectivity index (χ0) is 18.1. The Kier molecular flexibility index (Phi) is 5.11. The molecule has 26 heavy (non-hydrogen) atoms. The van der Waals surface area contributed by atoms with Gasteiger partial charge in [-0.3, -0.25) is 15.6 Å². The Bertz CT molecular complexity index is 735. The average Bonchev–Trinajstić information content (AvgIpc) is 3.10. The molecule has 0 saturated carbocycles. The van der Waals surface area contributed by atoms with Gasteiger partial charge in [0.25, 0.3) is 0 Å². The third-order valence-corrected chi connectivity index (χ3v) is 6.73. The summed E-state index contributed by atoms with van der Waals surface area (Å²) in [6.07, 6.45) is 1.61. The van der Waals surface area contributed by atoms with Crippen molar-refractivity contribution in [3.63, 3.8) is 0 Å². The molecule has 1 aromatic heterocycles. The van der Waals surface area contributed by atoms with E-state index in [0.717, 1.165) is 43.2 Å². The highest BCUT2D eigenvalue weighted by atomic mass is 32.1. The van der Waals surface area contributed by atoms with Crippen molar-refractivity contribution in [3.05, 3.63) is 24.3 Å². The first kappa shape index (κ1) is 17.7. The standard InChI is InChI=1S/C19H27N5OS/c1-13-15(14(2)22-21-13)12-18(25)23-8-5-9-24(11-10-23)19-20-16-6-3-4-7-17(16)26-19/h3-4,6-7,13-15,21-22H,5,8-12H2,1-2H3. The maximum absolute atomic E-state index is 12.8. The first-order valence-electron chi connectivity index (χ1n) is 9.51. The number of hydrogen-bond donors (Lipinski definition) is 2. The fourth-order valence-corrected chi connectivity index (χ4v) is 4.96. The lowest BCUT2D eigenvalue weighted by Gasteiger charge is -2.25. The average molecular weight is 374 g/mol. The second-order valence-electron chi connectivity index (χ2n) is 7.42. The molecule has 1 aromatic carbocycles. The van der Waals surface area contributed by atoms with Crippen LogP contribution in [0.1, 0.15) is 26.7 Å². The van der Waals surface area contributed by atoms with Gasteiger partial charge < -0.3 is 9.80 Å². The number of benzene rings is 1. The number of fused-ring (bicyclic) bond motifs is 1. The van der Waals surface area contributed by atoms with Crippen LogP contribution < -0.4 is 15.8 Å². The number of thiazole rings is 1. The molecule has 2 aliphatic rings. The molecule has 140 valence electrons. The Morgan fingerprint density at radius 2 is 1.92 bits per heavy atom.